The van der Waals surface area contributed by atoms with Gasteiger partial charge in [-0.3, -0.25) is 0 Å². The maximum Gasteiger partial charge on any atom is 0.222 e. The fourth-order valence-corrected chi connectivity index (χ4v) is 1.22. The summed E-state index contributed by atoms with van der Waals surface area (Å²) in [6, 6.07) is 4.72. The summed E-state index contributed by atoms with van der Waals surface area (Å²) in [5, 5.41) is 0. The molecule has 0 aliphatic rings. The summed E-state index contributed by atoms with van der Waals surface area (Å²) in [6.45, 7) is 0. The van der Waals surface area contributed by atoms with E-state index in [0.29, 0.717) is 17.1 Å². The molecule has 15 heavy (non-hydrogen) atoms. The molecule has 2 heterocycles. The molecule has 0 saturated heterocycles. The van der Waals surface area contributed by atoms with E-state index in [4.69, 9.17) is 0 Å². The van der Waals surface area contributed by atoms with Gasteiger partial charge in [-0.05, 0) is 12.1 Å². The maximum absolute atomic E-state index is 13.3. The van der Waals surface area contributed by atoms with E-state index in [-0.39, 0.29) is 0 Å². The molecule has 4 nitrogen and oxygen atoms in total. The second-order valence-corrected chi connectivity index (χ2v) is 2.88. The van der Waals surface area contributed by atoms with Crippen LogP contribution >= 0.6 is 0 Å². The zero-order valence-corrected chi connectivity index (χ0v) is 8.28. The third-order valence-electron chi connectivity index (χ3n) is 1.78. The lowest BCUT2D eigenvalue weighted by atomic mass is 10.2. The van der Waals surface area contributed by atoms with Crippen molar-refractivity contribution in [1.82, 2.24) is 15.0 Å². The van der Waals surface area contributed by atoms with E-state index >= 15 is 0 Å². The molecule has 0 N–H and O–H groups in total. The van der Waals surface area contributed by atoms with Crippen LogP contribution in [0.25, 0.3) is 11.3 Å². The van der Waals surface area contributed by atoms with Crippen LogP contribution in [-0.4, -0.2) is 15.0 Å². The lowest BCUT2D eigenvalue weighted by Gasteiger charge is -2.00. The number of aromatic nitrogens is 3. The molecule has 0 fully saturated rings. The van der Waals surface area contributed by atoms with Gasteiger partial charge in [0.25, 0.3) is 0 Å². The van der Waals surface area contributed by atoms with Gasteiger partial charge in [-0.25, -0.2) is 15.0 Å². The second-order valence-electron chi connectivity index (χ2n) is 2.69. The minimum atomic E-state index is -0.577. The van der Waals surface area contributed by atoms with E-state index < -0.39 is 5.95 Å². The van der Waals surface area contributed by atoms with E-state index in [9.17, 15) is 4.39 Å². The summed E-state index contributed by atoms with van der Waals surface area (Å²) < 4.78 is 16.8. The molecule has 2 rings (SSSR count). The molecule has 0 aliphatic heterocycles. The van der Waals surface area contributed by atoms with Gasteiger partial charge in [0.05, 0.1) is 11.3 Å². The molecule has 0 radical (unpaired) electrons. The SMILES string of the molecule is Fc1ncccc1-c1cc(N=S)ncn1. The van der Waals surface area contributed by atoms with Gasteiger partial charge in [-0.15, -0.1) is 0 Å². The predicted octanol–water partition coefficient (Wildman–Crippen LogP) is 2.04. The van der Waals surface area contributed by atoms with Crippen LogP contribution in [0.2, 0.25) is 0 Å². The Labute approximate surface area is 90.4 Å². The normalized spacial score (nSPS) is 9.93. The van der Waals surface area contributed by atoms with Crippen LogP contribution in [0.3, 0.4) is 0 Å². The average molecular weight is 220 g/mol. The zero-order valence-electron chi connectivity index (χ0n) is 7.46. The summed E-state index contributed by atoms with van der Waals surface area (Å²) in [6.07, 6.45) is 2.66. The third kappa shape index (κ3) is 1.99. The fourth-order valence-electron chi connectivity index (χ4n) is 1.12. The summed E-state index contributed by atoms with van der Waals surface area (Å²) in [5.41, 5.74) is 0.721. The molecule has 0 aliphatic carbocycles. The summed E-state index contributed by atoms with van der Waals surface area (Å²) in [4.78, 5) is 11.2. The van der Waals surface area contributed by atoms with E-state index in [1.54, 1.807) is 12.1 Å². The van der Waals surface area contributed by atoms with Crippen molar-refractivity contribution in [2.24, 2.45) is 4.36 Å². The van der Waals surface area contributed by atoms with Gasteiger partial charge in [-0.2, -0.15) is 8.75 Å². The van der Waals surface area contributed by atoms with E-state index in [2.05, 4.69) is 31.7 Å². The van der Waals surface area contributed by atoms with Crippen LogP contribution in [0.5, 0.6) is 0 Å². The minimum Gasteiger partial charge on any atom is -0.236 e. The smallest absolute Gasteiger partial charge is 0.222 e. The van der Waals surface area contributed by atoms with Crippen LogP contribution in [-0.2, 0) is 12.4 Å². The van der Waals surface area contributed by atoms with Gasteiger partial charge in [0.1, 0.15) is 6.33 Å². The van der Waals surface area contributed by atoms with Crippen molar-refractivity contribution in [2.75, 3.05) is 0 Å². The van der Waals surface area contributed by atoms with Gasteiger partial charge in [-0.1, -0.05) is 0 Å². The molecule has 74 valence electrons. The van der Waals surface area contributed by atoms with Crippen molar-refractivity contribution < 1.29 is 4.39 Å². The second kappa shape index (κ2) is 4.14. The Morgan fingerprint density at radius 1 is 1.27 bits per heavy atom. The highest BCUT2D eigenvalue weighted by Crippen LogP contribution is 2.20. The molecule has 0 aromatic carbocycles. The highest BCUT2D eigenvalue weighted by atomic mass is 32.1. The number of pyridine rings is 1. The van der Waals surface area contributed by atoms with Crippen molar-refractivity contribution in [3.05, 3.63) is 36.7 Å². The molecular weight excluding hydrogens is 215 g/mol. The first-order valence-corrected chi connectivity index (χ1v) is 4.44. The number of halogens is 1. The van der Waals surface area contributed by atoms with E-state index in [1.807, 2.05) is 0 Å². The Morgan fingerprint density at radius 3 is 2.87 bits per heavy atom. The van der Waals surface area contributed by atoms with Gasteiger partial charge >= 0.3 is 0 Å². The average Bonchev–Trinajstić information content (AvgIpc) is 2.30. The standard InChI is InChI=1S/C9H5FN4S/c10-9-6(2-1-3-11-9)7-4-8(14-15)13-5-12-7/h1-5H. The molecular formula is C9H5FN4S. The third-order valence-corrected chi connectivity index (χ3v) is 1.97. The van der Waals surface area contributed by atoms with Gasteiger partial charge in [0, 0.05) is 24.7 Å². The van der Waals surface area contributed by atoms with Crippen molar-refractivity contribution in [3.63, 3.8) is 0 Å². The van der Waals surface area contributed by atoms with Gasteiger partial charge in [0.2, 0.25) is 5.95 Å². The van der Waals surface area contributed by atoms with Crippen molar-refractivity contribution in [2.45, 2.75) is 0 Å². The van der Waals surface area contributed by atoms with Crippen LogP contribution in [0.4, 0.5) is 10.2 Å². The Hall–Kier alpha value is -1.82. The van der Waals surface area contributed by atoms with Crippen LogP contribution < -0.4 is 0 Å². The molecule has 2 aromatic rings. The lowest BCUT2D eigenvalue weighted by Crippen LogP contribution is -1.90. The molecule has 0 unspecified atom stereocenters. The Balaban J connectivity index is 2.54. The van der Waals surface area contributed by atoms with E-state index in [1.165, 1.54) is 18.6 Å². The first-order valence-electron chi connectivity index (χ1n) is 4.07. The maximum atomic E-state index is 13.3. The molecule has 2 aromatic heterocycles. The van der Waals surface area contributed by atoms with Crippen LogP contribution in [0.1, 0.15) is 0 Å². The Bertz CT molecular complexity index is 503. The fraction of sp³-hybridized carbons (Fsp3) is 0. The number of rotatable bonds is 2. The number of hydrogen-bond donors (Lipinski definition) is 0. The first kappa shape index (κ1) is 9.72. The highest BCUT2D eigenvalue weighted by molar-refractivity contribution is 7.47. The molecule has 0 spiro atoms. The van der Waals surface area contributed by atoms with Gasteiger partial charge < -0.3 is 0 Å². The number of hydrogen-bond acceptors (Lipinski definition) is 5. The monoisotopic (exact) mass is 220 g/mol. The Morgan fingerprint density at radius 2 is 2.13 bits per heavy atom. The predicted molar refractivity (Wildman–Crippen MR) is 54.7 cm³/mol. The summed E-state index contributed by atoms with van der Waals surface area (Å²) >= 11 is 4.49. The summed E-state index contributed by atoms with van der Waals surface area (Å²) in [7, 11) is 0. The summed E-state index contributed by atoms with van der Waals surface area (Å²) in [5.74, 6) is -0.246. The highest BCUT2D eigenvalue weighted by Gasteiger charge is 2.07. The van der Waals surface area contributed by atoms with Crippen molar-refractivity contribution >= 4 is 18.2 Å². The van der Waals surface area contributed by atoms with E-state index in [0.717, 1.165) is 0 Å². The largest absolute Gasteiger partial charge is 0.236 e. The van der Waals surface area contributed by atoms with Crippen molar-refractivity contribution in [3.8, 4) is 11.3 Å². The molecule has 0 amide bonds. The Kier molecular flexibility index (Phi) is 2.68. The lowest BCUT2D eigenvalue weighted by molar-refractivity contribution is 0.587. The van der Waals surface area contributed by atoms with Crippen LogP contribution in [0, 0.1) is 5.95 Å². The zero-order chi connectivity index (χ0) is 10.7. The molecule has 0 bridgehead atoms. The first-order chi connectivity index (χ1) is 7.31. The minimum absolute atomic E-state index is 0.305. The topological polar surface area (TPSA) is 51.0 Å². The quantitative estimate of drug-likeness (QED) is 0.727. The van der Waals surface area contributed by atoms with Crippen LogP contribution in [0.15, 0.2) is 35.1 Å². The van der Waals surface area contributed by atoms with Gasteiger partial charge in [0.15, 0.2) is 5.82 Å². The van der Waals surface area contributed by atoms with Crippen molar-refractivity contribution in [1.29, 1.82) is 0 Å². The molecule has 6 heteroatoms. The molecule has 0 atom stereocenters. The number of nitrogens with zero attached hydrogens (tertiary/aromatic N) is 4. The molecule has 0 saturated carbocycles.